The van der Waals surface area contributed by atoms with Crippen LogP contribution in [0.25, 0.3) is 0 Å². The van der Waals surface area contributed by atoms with E-state index in [2.05, 4.69) is 9.47 Å². The summed E-state index contributed by atoms with van der Waals surface area (Å²) >= 11 is 0. The monoisotopic (exact) mass is 258 g/mol. The summed E-state index contributed by atoms with van der Waals surface area (Å²) in [4.78, 5) is 34.5. The molecule has 0 unspecified atom stereocenters. The Kier molecular flexibility index (Phi) is 5.52. The van der Waals surface area contributed by atoms with Gasteiger partial charge in [0.1, 0.15) is 5.78 Å². The predicted octanol–water partition coefficient (Wildman–Crippen LogP) is 2.72. The smallest absolute Gasteiger partial charge is 0.437 e. The van der Waals surface area contributed by atoms with Crippen LogP contribution in [0.15, 0.2) is 0 Å². The maximum atomic E-state index is 12.3. The van der Waals surface area contributed by atoms with Crippen LogP contribution < -0.4 is 0 Å². The van der Waals surface area contributed by atoms with Crippen molar-refractivity contribution in [1.29, 1.82) is 0 Å². The fourth-order valence-electron chi connectivity index (χ4n) is 1.69. The van der Waals surface area contributed by atoms with Gasteiger partial charge in [0.25, 0.3) is 0 Å². The Morgan fingerprint density at radius 1 is 1.00 bits per heavy atom. The van der Waals surface area contributed by atoms with Gasteiger partial charge in [0.2, 0.25) is 0 Å². The number of Topliss-reactive ketones (excluding diaryl/α,β-unsaturated/α-hetero) is 1. The number of esters is 1. The summed E-state index contributed by atoms with van der Waals surface area (Å²) in [7, 11) is 1.12. The first-order valence-corrected chi connectivity index (χ1v) is 5.90. The van der Waals surface area contributed by atoms with Gasteiger partial charge in [-0.25, -0.2) is 4.79 Å². The second kappa shape index (κ2) is 5.98. The fraction of sp³-hybridized carbons (Fsp3) is 0.769. The third-order valence-corrected chi connectivity index (χ3v) is 3.06. The lowest BCUT2D eigenvalue weighted by atomic mass is 9.71. The zero-order valence-electron chi connectivity index (χ0n) is 12.0. The van der Waals surface area contributed by atoms with Crippen molar-refractivity contribution in [2.75, 3.05) is 7.11 Å². The summed E-state index contributed by atoms with van der Waals surface area (Å²) in [6, 6.07) is 0. The van der Waals surface area contributed by atoms with Gasteiger partial charge >= 0.3 is 12.1 Å². The van der Waals surface area contributed by atoms with Crippen LogP contribution in [0.4, 0.5) is 4.79 Å². The molecule has 0 aliphatic carbocycles. The van der Waals surface area contributed by atoms with E-state index in [9.17, 15) is 14.4 Å². The summed E-state index contributed by atoms with van der Waals surface area (Å²) in [6.07, 6.45) is -0.524. The van der Waals surface area contributed by atoms with Gasteiger partial charge in [0.15, 0.2) is 0 Å². The van der Waals surface area contributed by atoms with Crippen LogP contribution in [0.2, 0.25) is 0 Å². The van der Waals surface area contributed by atoms with Gasteiger partial charge in [-0.1, -0.05) is 34.6 Å². The van der Waals surface area contributed by atoms with E-state index in [-0.39, 0.29) is 12.2 Å². The molecule has 0 atom stereocenters. The Labute approximate surface area is 108 Å². The van der Waals surface area contributed by atoms with Crippen molar-refractivity contribution >= 4 is 17.9 Å². The minimum atomic E-state index is -1.06. The molecule has 0 spiro atoms. The van der Waals surface area contributed by atoms with Crippen molar-refractivity contribution in [2.24, 2.45) is 10.8 Å². The number of methoxy groups -OCH3 is 1. The summed E-state index contributed by atoms with van der Waals surface area (Å²) in [5, 5.41) is 0. The van der Waals surface area contributed by atoms with Gasteiger partial charge in [-0.2, -0.15) is 0 Å². The number of carbonyl (C=O) groups excluding carboxylic acids is 3. The maximum absolute atomic E-state index is 12.3. The lowest BCUT2D eigenvalue weighted by Crippen LogP contribution is -2.38. The molecular formula is C13H22O5. The molecule has 0 aromatic heterocycles. The molecule has 0 aliphatic heterocycles. The topological polar surface area (TPSA) is 69.7 Å². The van der Waals surface area contributed by atoms with E-state index >= 15 is 0 Å². The van der Waals surface area contributed by atoms with E-state index in [1.165, 1.54) is 0 Å². The molecule has 0 fully saturated rings. The molecule has 0 radical (unpaired) electrons. The van der Waals surface area contributed by atoms with Crippen molar-refractivity contribution in [3.8, 4) is 0 Å². The molecule has 104 valence electrons. The number of carbonyl (C=O) groups is 3. The molecule has 0 saturated heterocycles. The van der Waals surface area contributed by atoms with Crippen LogP contribution in [-0.2, 0) is 19.1 Å². The highest BCUT2D eigenvalue weighted by Crippen LogP contribution is 2.34. The first kappa shape index (κ1) is 16.6. The largest absolute Gasteiger partial charge is 0.515 e. The van der Waals surface area contributed by atoms with E-state index in [0.29, 0.717) is 6.42 Å². The molecule has 0 bridgehead atoms. The summed E-state index contributed by atoms with van der Waals surface area (Å²) in [5.41, 5.74) is -1.38. The highest BCUT2D eigenvalue weighted by molar-refractivity contribution is 5.93. The van der Waals surface area contributed by atoms with Crippen LogP contribution in [0, 0.1) is 10.8 Å². The van der Waals surface area contributed by atoms with Gasteiger partial charge < -0.3 is 9.47 Å². The zero-order chi connectivity index (χ0) is 14.6. The van der Waals surface area contributed by atoms with Gasteiger partial charge in [-0.3, -0.25) is 9.59 Å². The molecule has 5 nitrogen and oxygen atoms in total. The number of ether oxygens (including phenoxy) is 2. The Balaban J connectivity index is 4.71. The Hall–Kier alpha value is -1.39. The normalized spacial score (nSPS) is 11.9. The Morgan fingerprint density at radius 3 is 1.89 bits per heavy atom. The average molecular weight is 258 g/mol. The van der Waals surface area contributed by atoms with E-state index in [0.717, 1.165) is 7.11 Å². The molecule has 0 saturated carbocycles. The molecule has 0 aromatic rings. The molecule has 0 rings (SSSR count). The number of hydrogen-bond donors (Lipinski definition) is 0. The first-order chi connectivity index (χ1) is 8.06. The van der Waals surface area contributed by atoms with Crippen LogP contribution in [0.1, 0.15) is 47.5 Å². The minimum absolute atomic E-state index is 0.0284. The van der Waals surface area contributed by atoms with Gasteiger partial charge in [0, 0.05) is 10.8 Å². The molecular weight excluding hydrogens is 236 g/mol. The van der Waals surface area contributed by atoms with E-state index < -0.39 is 23.0 Å². The van der Waals surface area contributed by atoms with E-state index in [4.69, 9.17) is 0 Å². The van der Waals surface area contributed by atoms with Crippen molar-refractivity contribution in [3.05, 3.63) is 0 Å². The van der Waals surface area contributed by atoms with Crippen LogP contribution >= 0.6 is 0 Å². The van der Waals surface area contributed by atoms with Crippen molar-refractivity contribution < 1.29 is 23.9 Å². The summed E-state index contributed by atoms with van der Waals surface area (Å²) < 4.78 is 8.60. The summed E-state index contributed by atoms with van der Waals surface area (Å²) in [6.45, 7) is 8.93. The van der Waals surface area contributed by atoms with Crippen LogP contribution in [-0.4, -0.2) is 25.0 Å². The van der Waals surface area contributed by atoms with Crippen molar-refractivity contribution in [3.63, 3.8) is 0 Å². The second-order valence-corrected chi connectivity index (χ2v) is 5.56. The van der Waals surface area contributed by atoms with E-state index in [1.54, 1.807) is 13.8 Å². The molecule has 0 aromatic carbocycles. The lowest BCUT2D eigenvalue weighted by molar-refractivity contribution is -0.148. The lowest BCUT2D eigenvalue weighted by Gasteiger charge is -2.31. The molecule has 5 heteroatoms. The quantitative estimate of drug-likeness (QED) is 0.560. The third-order valence-electron chi connectivity index (χ3n) is 3.06. The van der Waals surface area contributed by atoms with Gasteiger partial charge in [0.05, 0.1) is 13.5 Å². The van der Waals surface area contributed by atoms with Gasteiger partial charge in [-0.05, 0) is 6.42 Å². The molecule has 0 aliphatic rings. The van der Waals surface area contributed by atoms with Crippen molar-refractivity contribution in [1.82, 2.24) is 0 Å². The third kappa shape index (κ3) is 4.47. The molecule has 18 heavy (non-hydrogen) atoms. The average Bonchev–Trinajstić information content (AvgIpc) is 2.26. The number of ketones is 1. The van der Waals surface area contributed by atoms with Gasteiger partial charge in [-0.15, -0.1) is 0 Å². The standard InChI is InChI=1S/C13H22O5/c1-7-12(2,3)10(15)13(4,5)8-9(14)18-11(16)17-6/h7-8H2,1-6H3. The fourth-order valence-corrected chi connectivity index (χ4v) is 1.69. The molecule has 0 N–H and O–H groups in total. The highest BCUT2D eigenvalue weighted by atomic mass is 16.7. The minimum Gasteiger partial charge on any atom is -0.437 e. The second-order valence-electron chi connectivity index (χ2n) is 5.56. The van der Waals surface area contributed by atoms with Crippen molar-refractivity contribution in [2.45, 2.75) is 47.5 Å². The zero-order valence-corrected chi connectivity index (χ0v) is 12.0. The molecule has 0 heterocycles. The maximum Gasteiger partial charge on any atom is 0.515 e. The number of rotatable bonds is 5. The Bertz CT molecular complexity index is 341. The predicted molar refractivity (Wildman–Crippen MR) is 66.0 cm³/mol. The summed E-state index contributed by atoms with van der Waals surface area (Å²) in [5.74, 6) is -0.786. The van der Waals surface area contributed by atoms with Crippen LogP contribution in [0.3, 0.4) is 0 Å². The van der Waals surface area contributed by atoms with Crippen LogP contribution in [0.5, 0.6) is 0 Å². The Morgan fingerprint density at radius 2 is 1.50 bits per heavy atom. The SMILES string of the molecule is CCC(C)(C)C(=O)C(C)(C)CC(=O)OC(=O)OC. The highest BCUT2D eigenvalue weighted by Gasteiger charge is 2.40. The van der Waals surface area contributed by atoms with E-state index in [1.807, 2.05) is 20.8 Å². The number of hydrogen-bond acceptors (Lipinski definition) is 5. The first-order valence-electron chi connectivity index (χ1n) is 5.90. The molecule has 0 amide bonds.